The average Bonchev–Trinajstić information content (AvgIpc) is 2.99. The van der Waals surface area contributed by atoms with Gasteiger partial charge in [0.05, 0.1) is 6.54 Å². The first-order valence-electron chi connectivity index (χ1n) is 7.46. The smallest absolute Gasteiger partial charge is 0.242 e. The van der Waals surface area contributed by atoms with Crippen molar-refractivity contribution < 1.29 is 9.59 Å². The lowest BCUT2D eigenvalue weighted by Crippen LogP contribution is -2.43. The Balaban J connectivity index is 2.13. The molecule has 1 aliphatic heterocycles. The summed E-state index contributed by atoms with van der Waals surface area (Å²) in [4.78, 5) is 28.0. The van der Waals surface area contributed by atoms with Gasteiger partial charge in [-0.3, -0.25) is 14.5 Å². The number of halogens is 1. The molecule has 0 aliphatic carbocycles. The number of likely N-dealkylation sites (tertiary alicyclic amines) is 1. The van der Waals surface area contributed by atoms with Crippen LogP contribution in [0.25, 0.3) is 0 Å². The number of nitrogens with zero attached hydrogens (tertiary/aromatic N) is 2. The van der Waals surface area contributed by atoms with E-state index in [0.29, 0.717) is 0 Å². The van der Waals surface area contributed by atoms with Crippen LogP contribution in [0.1, 0.15) is 24.4 Å². The summed E-state index contributed by atoms with van der Waals surface area (Å²) in [7, 11) is 3.36. The first-order valence-corrected chi connectivity index (χ1v) is 8.25. The van der Waals surface area contributed by atoms with Gasteiger partial charge in [0, 0.05) is 18.6 Å². The second-order valence-corrected chi connectivity index (χ2v) is 6.62. The number of carbonyl (C=O) groups excluding carboxylic acids is 2. The molecule has 0 radical (unpaired) electrons. The highest BCUT2D eigenvalue weighted by Crippen LogP contribution is 2.27. The number of nitrogens with one attached hydrogen (secondary N) is 1. The third kappa shape index (κ3) is 4.30. The van der Waals surface area contributed by atoms with E-state index in [1.165, 1.54) is 4.90 Å². The first-order chi connectivity index (χ1) is 10.5. The Bertz CT molecular complexity index is 542. The van der Waals surface area contributed by atoms with Crippen molar-refractivity contribution in [1.29, 1.82) is 0 Å². The first kappa shape index (κ1) is 17.0. The molecule has 1 N–H and O–H groups in total. The maximum atomic E-state index is 12.6. The Morgan fingerprint density at radius 3 is 2.59 bits per heavy atom. The number of hydrogen-bond donors (Lipinski definition) is 1. The van der Waals surface area contributed by atoms with Crippen LogP contribution in [0.15, 0.2) is 28.7 Å². The molecule has 1 fully saturated rings. The normalized spacial score (nSPS) is 16.3. The molecule has 6 heteroatoms. The SMILES string of the molecule is CN(C)C(=O)CNC(=O)[C@@H](c1cccc(Br)c1)N1CCCC1. The van der Waals surface area contributed by atoms with E-state index in [9.17, 15) is 9.59 Å². The Morgan fingerprint density at radius 2 is 2.00 bits per heavy atom. The monoisotopic (exact) mass is 367 g/mol. The van der Waals surface area contributed by atoms with Crippen molar-refractivity contribution in [3.63, 3.8) is 0 Å². The van der Waals surface area contributed by atoms with E-state index < -0.39 is 0 Å². The summed E-state index contributed by atoms with van der Waals surface area (Å²) in [5.74, 6) is -0.224. The van der Waals surface area contributed by atoms with Gasteiger partial charge in [0.2, 0.25) is 11.8 Å². The molecular formula is C16H22BrN3O2. The Kier molecular flexibility index (Phi) is 5.97. The van der Waals surface area contributed by atoms with Crippen LogP contribution >= 0.6 is 15.9 Å². The van der Waals surface area contributed by atoms with Crippen molar-refractivity contribution >= 4 is 27.7 Å². The standard InChI is InChI=1S/C16H22BrN3O2/c1-19(2)14(21)11-18-16(22)15(20-8-3-4-9-20)12-6-5-7-13(17)10-12/h5-7,10,15H,3-4,8-9,11H2,1-2H3,(H,18,22)/t15-/m1/s1. The summed E-state index contributed by atoms with van der Waals surface area (Å²) in [6.45, 7) is 1.85. The minimum Gasteiger partial charge on any atom is -0.347 e. The van der Waals surface area contributed by atoms with Gasteiger partial charge in [-0.2, -0.15) is 0 Å². The van der Waals surface area contributed by atoms with Crippen molar-refractivity contribution in [2.45, 2.75) is 18.9 Å². The van der Waals surface area contributed by atoms with Gasteiger partial charge in [-0.05, 0) is 43.6 Å². The topological polar surface area (TPSA) is 52.7 Å². The predicted molar refractivity (Wildman–Crippen MR) is 89.4 cm³/mol. The zero-order chi connectivity index (χ0) is 16.1. The van der Waals surface area contributed by atoms with Crippen molar-refractivity contribution in [3.05, 3.63) is 34.3 Å². The fourth-order valence-corrected chi connectivity index (χ4v) is 3.04. The lowest BCUT2D eigenvalue weighted by molar-refractivity contribution is -0.132. The molecule has 1 aliphatic rings. The van der Waals surface area contributed by atoms with Crippen molar-refractivity contribution in [1.82, 2.24) is 15.1 Å². The van der Waals surface area contributed by atoms with Crippen LogP contribution in [0.4, 0.5) is 0 Å². The molecule has 1 aromatic carbocycles. The molecule has 0 spiro atoms. The number of hydrogen-bond acceptors (Lipinski definition) is 3. The van der Waals surface area contributed by atoms with Crippen LogP contribution in [0.2, 0.25) is 0 Å². The van der Waals surface area contributed by atoms with Gasteiger partial charge in [0.1, 0.15) is 6.04 Å². The lowest BCUT2D eigenvalue weighted by Gasteiger charge is -2.27. The summed E-state index contributed by atoms with van der Waals surface area (Å²) < 4.78 is 0.950. The van der Waals surface area contributed by atoms with E-state index in [1.54, 1.807) is 14.1 Å². The predicted octanol–water partition coefficient (Wildman–Crippen LogP) is 1.79. The summed E-state index contributed by atoms with van der Waals surface area (Å²) in [6.07, 6.45) is 2.21. The van der Waals surface area contributed by atoms with Gasteiger partial charge in [0.25, 0.3) is 0 Å². The summed E-state index contributed by atoms with van der Waals surface area (Å²) in [6, 6.07) is 7.46. The molecule has 2 amide bonds. The van der Waals surface area contributed by atoms with E-state index in [4.69, 9.17) is 0 Å². The maximum absolute atomic E-state index is 12.6. The van der Waals surface area contributed by atoms with Gasteiger partial charge in [-0.25, -0.2) is 0 Å². The quantitative estimate of drug-likeness (QED) is 0.862. The van der Waals surface area contributed by atoms with Gasteiger partial charge < -0.3 is 10.2 Å². The largest absolute Gasteiger partial charge is 0.347 e. The Hall–Kier alpha value is -1.40. The Morgan fingerprint density at radius 1 is 1.32 bits per heavy atom. The van der Waals surface area contributed by atoms with E-state index in [0.717, 1.165) is 36.0 Å². The third-order valence-corrected chi connectivity index (χ3v) is 4.32. The molecule has 1 atom stereocenters. The van der Waals surface area contributed by atoms with Crippen LogP contribution in [-0.2, 0) is 9.59 Å². The summed E-state index contributed by atoms with van der Waals surface area (Å²) >= 11 is 3.46. The van der Waals surface area contributed by atoms with Crippen molar-refractivity contribution in [2.75, 3.05) is 33.7 Å². The van der Waals surface area contributed by atoms with E-state index in [2.05, 4.69) is 26.1 Å². The molecule has 0 bridgehead atoms. The second-order valence-electron chi connectivity index (χ2n) is 5.71. The molecule has 22 heavy (non-hydrogen) atoms. The Labute approximate surface area is 139 Å². The minimum absolute atomic E-state index is 0.0319. The second kappa shape index (κ2) is 7.74. The maximum Gasteiger partial charge on any atom is 0.242 e. The fourth-order valence-electron chi connectivity index (χ4n) is 2.62. The molecule has 120 valence electrons. The van der Waals surface area contributed by atoms with Crippen LogP contribution in [0.3, 0.4) is 0 Å². The van der Waals surface area contributed by atoms with Crippen LogP contribution in [0, 0.1) is 0 Å². The fraction of sp³-hybridized carbons (Fsp3) is 0.500. The molecule has 1 aromatic rings. The van der Waals surface area contributed by atoms with Crippen molar-refractivity contribution in [3.8, 4) is 0 Å². The molecule has 0 unspecified atom stereocenters. The molecule has 0 aromatic heterocycles. The highest BCUT2D eigenvalue weighted by molar-refractivity contribution is 9.10. The summed E-state index contributed by atoms with van der Waals surface area (Å²) in [5, 5.41) is 2.77. The highest BCUT2D eigenvalue weighted by Gasteiger charge is 2.30. The summed E-state index contributed by atoms with van der Waals surface area (Å²) in [5.41, 5.74) is 0.950. The number of carbonyl (C=O) groups is 2. The van der Waals surface area contributed by atoms with Crippen LogP contribution < -0.4 is 5.32 Å². The number of benzene rings is 1. The van der Waals surface area contributed by atoms with Gasteiger partial charge in [-0.15, -0.1) is 0 Å². The van der Waals surface area contributed by atoms with Gasteiger partial charge >= 0.3 is 0 Å². The third-order valence-electron chi connectivity index (χ3n) is 3.83. The number of amides is 2. The molecule has 5 nitrogen and oxygen atoms in total. The van der Waals surface area contributed by atoms with Crippen LogP contribution in [-0.4, -0.2) is 55.3 Å². The van der Waals surface area contributed by atoms with E-state index in [1.807, 2.05) is 24.3 Å². The van der Waals surface area contributed by atoms with Crippen LogP contribution in [0.5, 0.6) is 0 Å². The van der Waals surface area contributed by atoms with Crippen molar-refractivity contribution in [2.24, 2.45) is 0 Å². The molecule has 1 saturated heterocycles. The number of likely N-dealkylation sites (N-methyl/N-ethyl adjacent to an activating group) is 1. The van der Waals surface area contributed by atoms with Gasteiger partial charge in [0.15, 0.2) is 0 Å². The highest BCUT2D eigenvalue weighted by atomic mass is 79.9. The number of rotatable bonds is 5. The zero-order valence-corrected chi connectivity index (χ0v) is 14.6. The minimum atomic E-state index is -0.338. The molecule has 2 rings (SSSR count). The average molecular weight is 368 g/mol. The lowest BCUT2D eigenvalue weighted by atomic mass is 10.0. The molecular weight excluding hydrogens is 346 g/mol. The van der Waals surface area contributed by atoms with E-state index >= 15 is 0 Å². The molecule has 0 saturated carbocycles. The zero-order valence-electron chi connectivity index (χ0n) is 13.0. The van der Waals surface area contributed by atoms with Gasteiger partial charge in [-0.1, -0.05) is 28.1 Å². The van der Waals surface area contributed by atoms with E-state index in [-0.39, 0.29) is 24.4 Å². The molecule has 1 heterocycles.